The Labute approximate surface area is 179 Å². The van der Waals surface area contributed by atoms with Gasteiger partial charge in [0.1, 0.15) is 0 Å². The molecule has 0 saturated heterocycles. The summed E-state index contributed by atoms with van der Waals surface area (Å²) in [5.74, 6) is -1.86. The van der Waals surface area contributed by atoms with Crippen LogP contribution in [0.15, 0.2) is 61.8 Å². The average Bonchev–Trinajstić information content (AvgIpc) is 3.48. The van der Waals surface area contributed by atoms with Gasteiger partial charge in [-0.2, -0.15) is 5.10 Å². The van der Waals surface area contributed by atoms with Gasteiger partial charge in [-0.05, 0) is 35.0 Å². The first kappa shape index (κ1) is 20.5. The first-order chi connectivity index (χ1) is 14.3. The third kappa shape index (κ3) is 4.21. The van der Waals surface area contributed by atoms with E-state index in [2.05, 4.69) is 5.10 Å². The number of amides is 1. The van der Waals surface area contributed by atoms with Crippen molar-refractivity contribution < 1.29 is 27.2 Å². The molecule has 0 spiro atoms. The SMILES string of the molecule is NS(=O)(=O)c1ccc(C(=O)OCC(=O)N2N=C(c3cccs3)CC2c2cccs2)o1. The number of ether oxygens (including phenoxy) is 1. The third-order valence-electron chi connectivity index (χ3n) is 4.23. The highest BCUT2D eigenvalue weighted by Gasteiger charge is 2.34. The second-order valence-corrected chi connectivity index (χ2v) is 9.66. The fourth-order valence-electron chi connectivity index (χ4n) is 2.88. The van der Waals surface area contributed by atoms with Crippen LogP contribution in [0.1, 0.15) is 32.8 Å². The normalized spacial score (nSPS) is 16.5. The van der Waals surface area contributed by atoms with Crippen molar-refractivity contribution in [3.05, 3.63) is 62.7 Å². The first-order valence-electron chi connectivity index (χ1n) is 8.59. The zero-order chi connectivity index (χ0) is 21.3. The minimum atomic E-state index is -4.09. The molecular weight excluding hydrogens is 450 g/mol. The van der Waals surface area contributed by atoms with E-state index >= 15 is 0 Å². The smallest absolute Gasteiger partial charge is 0.374 e. The van der Waals surface area contributed by atoms with Crippen LogP contribution in [-0.4, -0.2) is 37.6 Å². The van der Waals surface area contributed by atoms with E-state index in [9.17, 15) is 18.0 Å². The Morgan fingerprint density at radius 2 is 1.97 bits per heavy atom. The summed E-state index contributed by atoms with van der Waals surface area (Å²) in [7, 11) is -4.09. The molecule has 12 heteroatoms. The number of primary sulfonamides is 1. The summed E-state index contributed by atoms with van der Waals surface area (Å²) in [4.78, 5) is 26.8. The zero-order valence-corrected chi connectivity index (χ0v) is 17.7. The maximum atomic E-state index is 12.8. The largest absolute Gasteiger partial charge is 0.450 e. The molecule has 2 N–H and O–H groups in total. The van der Waals surface area contributed by atoms with Gasteiger partial charge >= 0.3 is 5.97 Å². The molecule has 9 nitrogen and oxygen atoms in total. The zero-order valence-electron chi connectivity index (χ0n) is 15.3. The molecule has 4 heterocycles. The molecule has 0 aromatic carbocycles. The number of hydrogen-bond acceptors (Lipinski definition) is 9. The van der Waals surface area contributed by atoms with E-state index in [0.717, 1.165) is 27.6 Å². The summed E-state index contributed by atoms with van der Waals surface area (Å²) < 4.78 is 32.4. The lowest BCUT2D eigenvalue weighted by Crippen LogP contribution is -2.31. The number of sulfonamides is 1. The third-order valence-corrected chi connectivity index (χ3v) is 6.91. The van der Waals surface area contributed by atoms with Crippen LogP contribution in [0.25, 0.3) is 0 Å². The minimum absolute atomic E-state index is 0.286. The van der Waals surface area contributed by atoms with Gasteiger partial charge in [-0.25, -0.2) is 23.4 Å². The summed E-state index contributed by atoms with van der Waals surface area (Å²) in [5.41, 5.74) is 0.784. The lowest BCUT2D eigenvalue weighted by atomic mass is 10.1. The lowest BCUT2D eigenvalue weighted by molar-refractivity contribution is -0.136. The highest BCUT2D eigenvalue weighted by molar-refractivity contribution is 7.89. The Morgan fingerprint density at radius 1 is 1.20 bits per heavy atom. The van der Waals surface area contributed by atoms with Crippen LogP contribution in [0.4, 0.5) is 0 Å². The molecule has 4 rings (SSSR count). The molecular formula is C18H15N3O6S3. The van der Waals surface area contributed by atoms with E-state index in [1.807, 2.05) is 35.0 Å². The second-order valence-electron chi connectivity index (χ2n) is 6.24. The van der Waals surface area contributed by atoms with Gasteiger partial charge in [0.25, 0.3) is 15.9 Å². The van der Waals surface area contributed by atoms with Gasteiger partial charge < -0.3 is 9.15 Å². The molecule has 1 unspecified atom stereocenters. The van der Waals surface area contributed by atoms with Crippen molar-refractivity contribution in [2.45, 2.75) is 17.6 Å². The molecule has 3 aromatic rings. The van der Waals surface area contributed by atoms with Gasteiger partial charge in [-0.15, -0.1) is 22.7 Å². The molecule has 0 radical (unpaired) electrons. The molecule has 0 aliphatic carbocycles. The van der Waals surface area contributed by atoms with E-state index in [0.29, 0.717) is 6.42 Å². The molecule has 0 fully saturated rings. The van der Waals surface area contributed by atoms with Crippen LogP contribution in [-0.2, 0) is 19.6 Å². The summed E-state index contributed by atoms with van der Waals surface area (Å²) in [6.45, 7) is -0.576. The number of hydrogen-bond donors (Lipinski definition) is 1. The molecule has 30 heavy (non-hydrogen) atoms. The summed E-state index contributed by atoms with van der Waals surface area (Å²) in [6, 6.07) is 9.53. The molecule has 156 valence electrons. The van der Waals surface area contributed by atoms with Gasteiger partial charge in [0.2, 0.25) is 10.9 Å². The van der Waals surface area contributed by atoms with Gasteiger partial charge in [0, 0.05) is 11.3 Å². The molecule has 1 atom stereocenters. The molecule has 1 aliphatic heterocycles. The van der Waals surface area contributed by atoms with Crippen molar-refractivity contribution in [2.24, 2.45) is 10.2 Å². The second kappa shape index (κ2) is 8.14. The topological polar surface area (TPSA) is 132 Å². The standard InChI is InChI=1S/C18H15N3O6S3/c19-30(24,25)17-6-5-13(27-17)18(23)26-10-16(22)21-12(15-4-2-8-29-15)9-11(20-21)14-3-1-7-28-14/h1-8,12H,9-10H2,(H2,19,24,25). The van der Waals surface area contributed by atoms with Crippen molar-refractivity contribution in [2.75, 3.05) is 6.61 Å². The van der Waals surface area contributed by atoms with Crippen LogP contribution in [0.5, 0.6) is 0 Å². The minimum Gasteiger partial charge on any atom is -0.450 e. The summed E-state index contributed by atoms with van der Waals surface area (Å²) >= 11 is 3.04. The van der Waals surface area contributed by atoms with Crippen LogP contribution in [0.3, 0.4) is 0 Å². The van der Waals surface area contributed by atoms with Crippen molar-refractivity contribution in [3.63, 3.8) is 0 Å². The van der Waals surface area contributed by atoms with Gasteiger partial charge in [0.15, 0.2) is 6.61 Å². The van der Waals surface area contributed by atoms with E-state index in [4.69, 9.17) is 14.3 Å². The monoisotopic (exact) mass is 465 g/mol. The van der Waals surface area contributed by atoms with E-state index in [1.54, 1.807) is 0 Å². The molecule has 1 amide bonds. The number of carbonyl (C=O) groups excluding carboxylic acids is 2. The lowest BCUT2D eigenvalue weighted by Gasteiger charge is -2.20. The predicted octanol–water partition coefficient (Wildman–Crippen LogP) is 2.58. The molecule has 1 aliphatic rings. The van der Waals surface area contributed by atoms with Crippen LogP contribution in [0.2, 0.25) is 0 Å². The number of nitrogens with zero attached hydrogens (tertiary/aromatic N) is 2. The van der Waals surface area contributed by atoms with Crippen LogP contribution < -0.4 is 5.14 Å². The Hall–Kier alpha value is -2.80. The summed E-state index contributed by atoms with van der Waals surface area (Å²) in [5, 5.41) is 14.0. The van der Waals surface area contributed by atoms with E-state index < -0.39 is 33.6 Å². The van der Waals surface area contributed by atoms with Crippen molar-refractivity contribution in [3.8, 4) is 0 Å². The molecule has 3 aromatic heterocycles. The average molecular weight is 466 g/mol. The fraction of sp³-hybridized carbons (Fsp3) is 0.167. The van der Waals surface area contributed by atoms with Crippen molar-refractivity contribution in [1.29, 1.82) is 0 Å². The fourth-order valence-corrected chi connectivity index (χ4v) is 4.88. The highest BCUT2D eigenvalue weighted by atomic mass is 32.2. The quantitative estimate of drug-likeness (QED) is 0.557. The number of rotatable bonds is 6. The van der Waals surface area contributed by atoms with E-state index in [-0.39, 0.29) is 11.8 Å². The molecule has 0 bridgehead atoms. The van der Waals surface area contributed by atoms with Crippen LogP contribution >= 0.6 is 22.7 Å². The number of nitrogens with two attached hydrogens (primary N) is 1. The summed E-state index contributed by atoms with van der Waals surface area (Å²) in [6.07, 6.45) is 0.552. The van der Waals surface area contributed by atoms with Crippen molar-refractivity contribution in [1.82, 2.24) is 5.01 Å². The Balaban J connectivity index is 1.47. The Morgan fingerprint density at radius 3 is 2.60 bits per heavy atom. The predicted molar refractivity (Wildman–Crippen MR) is 110 cm³/mol. The van der Waals surface area contributed by atoms with Crippen molar-refractivity contribution >= 4 is 50.3 Å². The first-order valence-corrected chi connectivity index (χ1v) is 11.9. The maximum absolute atomic E-state index is 12.8. The Kier molecular flexibility index (Phi) is 5.56. The van der Waals surface area contributed by atoms with E-state index in [1.165, 1.54) is 27.7 Å². The van der Waals surface area contributed by atoms with Gasteiger partial charge in [0.05, 0.1) is 16.6 Å². The van der Waals surface area contributed by atoms with Crippen LogP contribution in [0, 0.1) is 0 Å². The maximum Gasteiger partial charge on any atom is 0.374 e. The number of furan rings is 1. The number of esters is 1. The number of thiophene rings is 2. The number of hydrazone groups is 1. The highest BCUT2D eigenvalue weighted by Crippen LogP contribution is 2.35. The molecule has 0 saturated carbocycles. The Bertz CT molecular complexity index is 1200. The van der Waals surface area contributed by atoms with Gasteiger partial charge in [-0.3, -0.25) is 4.79 Å². The number of carbonyl (C=O) groups is 2. The van der Waals surface area contributed by atoms with Gasteiger partial charge in [-0.1, -0.05) is 12.1 Å².